The topological polar surface area (TPSA) is 45.1 Å². The molecule has 0 amide bonds. The van der Waals surface area contributed by atoms with Crippen molar-refractivity contribution in [3.8, 4) is 0 Å². The van der Waals surface area contributed by atoms with Crippen molar-refractivity contribution >= 4 is 32.9 Å². The van der Waals surface area contributed by atoms with Gasteiger partial charge in [-0.1, -0.05) is 6.07 Å². The van der Waals surface area contributed by atoms with E-state index in [4.69, 9.17) is 0 Å². The Morgan fingerprint density at radius 2 is 2.19 bits per heavy atom. The highest BCUT2D eigenvalue weighted by atomic mass is 32.1. The summed E-state index contributed by atoms with van der Waals surface area (Å²) in [6, 6.07) is 8.28. The molecule has 0 saturated carbocycles. The van der Waals surface area contributed by atoms with E-state index in [1.54, 1.807) is 22.7 Å². The normalized spacial score (nSPS) is 16.0. The number of aromatic nitrogens is 1. The summed E-state index contributed by atoms with van der Waals surface area (Å²) in [6.07, 6.45) is 1.91. The Balaban J connectivity index is 1.69. The van der Waals surface area contributed by atoms with Gasteiger partial charge in [0.25, 0.3) is 0 Å². The van der Waals surface area contributed by atoms with Crippen LogP contribution in [0.15, 0.2) is 41.2 Å². The third kappa shape index (κ3) is 3.16. The van der Waals surface area contributed by atoms with Gasteiger partial charge in [-0.05, 0) is 48.4 Å². The van der Waals surface area contributed by atoms with Crippen LogP contribution in [0.5, 0.6) is 0 Å². The van der Waals surface area contributed by atoms with Gasteiger partial charge >= 0.3 is 0 Å². The zero-order chi connectivity index (χ0) is 14.9. The van der Waals surface area contributed by atoms with E-state index in [9.17, 15) is 5.11 Å². The molecule has 3 nitrogen and oxygen atoms in total. The molecule has 2 atom stereocenters. The van der Waals surface area contributed by atoms with E-state index < -0.39 is 5.60 Å². The Hall–Kier alpha value is -1.27. The lowest BCUT2D eigenvalue weighted by molar-refractivity contribution is 0.0581. The Bertz CT molecular complexity index is 719. The maximum absolute atomic E-state index is 10.5. The molecule has 0 bridgehead atoms. The van der Waals surface area contributed by atoms with Crippen LogP contribution in [0.25, 0.3) is 10.2 Å². The highest BCUT2D eigenvalue weighted by Crippen LogP contribution is 2.26. The second-order valence-electron chi connectivity index (χ2n) is 5.43. The Labute approximate surface area is 132 Å². The highest BCUT2D eigenvalue weighted by Gasteiger charge is 2.24. The number of hydrogen-bond donors (Lipinski definition) is 2. The predicted octanol–water partition coefficient (Wildman–Crippen LogP) is 3.92. The second kappa shape index (κ2) is 5.85. The van der Waals surface area contributed by atoms with Gasteiger partial charge in [-0.25, -0.2) is 0 Å². The van der Waals surface area contributed by atoms with Gasteiger partial charge in [0.2, 0.25) is 0 Å². The lowest BCUT2D eigenvalue weighted by atomic mass is 10.0. The zero-order valence-electron chi connectivity index (χ0n) is 12.0. The fourth-order valence-electron chi connectivity index (χ4n) is 2.24. The first-order valence-corrected chi connectivity index (χ1v) is 8.65. The second-order valence-corrected chi connectivity index (χ2v) is 7.32. The summed E-state index contributed by atoms with van der Waals surface area (Å²) in [6.45, 7) is 4.46. The van der Waals surface area contributed by atoms with Crippen LogP contribution < -0.4 is 5.32 Å². The van der Waals surface area contributed by atoms with E-state index in [1.807, 2.05) is 36.7 Å². The molecular weight excluding hydrogens is 300 g/mol. The molecule has 3 aromatic rings. The van der Waals surface area contributed by atoms with E-state index in [0.717, 1.165) is 16.0 Å². The van der Waals surface area contributed by atoms with E-state index in [1.165, 1.54) is 4.70 Å². The number of nitrogens with one attached hydrogen (secondary N) is 1. The average Bonchev–Trinajstić information content (AvgIpc) is 3.14. The third-order valence-electron chi connectivity index (χ3n) is 3.63. The van der Waals surface area contributed by atoms with E-state index in [0.29, 0.717) is 6.54 Å². The van der Waals surface area contributed by atoms with Crippen LogP contribution >= 0.6 is 22.7 Å². The monoisotopic (exact) mass is 318 g/mol. The molecular formula is C16H18N2OS2. The van der Waals surface area contributed by atoms with Gasteiger partial charge < -0.3 is 10.4 Å². The van der Waals surface area contributed by atoms with Crippen LogP contribution in [0.3, 0.4) is 0 Å². The van der Waals surface area contributed by atoms with E-state index in [2.05, 4.69) is 28.7 Å². The minimum Gasteiger partial charge on any atom is -0.383 e. The smallest absolute Gasteiger partial charge is 0.108 e. The van der Waals surface area contributed by atoms with Crippen LogP contribution in [0, 0.1) is 0 Å². The van der Waals surface area contributed by atoms with Gasteiger partial charge in [-0.2, -0.15) is 0 Å². The fraction of sp³-hybridized carbons (Fsp3) is 0.312. The maximum atomic E-state index is 10.5. The summed E-state index contributed by atoms with van der Waals surface area (Å²) in [5.74, 6) is 0. The first kappa shape index (κ1) is 14.7. The molecule has 3 rings (SSSR count). The molecule has 0 aliphatic heterocycles. The average molecular weight is 318 g/mol. The van der Waals surface area contributed by atoms with Crippen LogP contribution in [-0.2, 0) is 5.60 Å². The van der Waals surface area contributed by atoms with Crippen molar-refractivity contribution in [3.63, 3.8) is 0 Å². The number of hydrogen-bond acceptors (Lipinski definition) is 5. The molecule has 0 radical (unpaired) electrons. The first-order chi connectivity index (χ1) is 10.1. The molecule has 3 aromatic heterocycles. The van der Waals surface area contributed by atoms with E-state index in [-0.39, 0.29) is 6.04 Å². The van der Waals surface area contributed by atoms with Crippen molar-refractivity contribution in [1.82, 2.24) is 10.3 Å². The maximum Gasteiger partial charge on any atom is 0.108 e. The zero-order valence-corrected chi connectivity index (χ0v) is 13.7. The van der Waals surface area contributed by atoms with E-state index >= 15 is 0 Å². The number of pyridine rings is 1. The number of nitrogens with zero attached hydrogens (tertiary/aromatic N) is 1. The minimum absolute atomic E-state index is 0.149. The Morgan fingerprint density at radius 1 is 1.33 bits per heavy atom. The van der Waals surface area contributed by atoms with Crippen LogP contribution in [0.2, 0.25) is 0 Å². The molecule has 110 valence electrons. The van der Waals surface area contributed by atoms with Gasteiger partial charge in [0, 0.05) is 23.7 Å². The summed E-state index contributed by atoms with van der Waals surface area (Å²) < 4.78 is 1.20. The lowest BCUT2D eigenvalue weighted by Crippen LogP contribution is -2.36. The van der Waals surface area contributed by atoms with Crippen molar-refractivity contribution in [2.45, 2.75) is 25.5 Å². The van der Waals surface area contributed by atoms with Crippen LogP contribution in [0.4, 0.5) is 0 Å². The minimum atomic E-state index is -0.844. The largest absolute Gasteiger partial charge is 0.383 e. The fourth-order valence-corrected chi connectivity index (χ4v) is 3.82. The number of rotatable bonds is 5. The lowest BCUT2D eigenvalue weighted by Gasteiger charge is -2.25. The van der Waals surface area contributed by atoms with Gasteiger partial charge in [0.05, 0.1) is 10.2 Å². The molecule has 0 aromatic carbocycles. The van der Waals surface area contributed by atoms with Gasteiger partial charge in [-0.15, -0.1) is 22.7 Å². The SMILES string of the molecule is C[C@@H](NC[C@@](C)(O)c1cccs1)c1cnc2ccsc2c1. The van der Waals surface area contributed by atoms with Crippen LogP contribution in [0.1, 0.15) is 30.3 Å². The summed E-state index contributed by atoms with van der Waals surface area (Å²) in [5.41, 5.74) is 1.34. The van der Waals surface area contributed by atoms with Gasteiger partial charge in [0.1, 0.15) is 5.60 Å². The Morgan fingerprint density at radius 3 is 2.95 bits per heavy atom. The van der Waals surface area contributed by atoms with Crippen molar-refractivity contribution in [1.29, 1.82) is 0 Å². The van der Waals surface area contributed by atoms with Crippen LogP contribution in [-0.4, -0.2) is 16.6 Å². The highest BCUT2D eigenvalue weighted by molar-refractivity contribution is 7.17. The molecule has 0 unspecified atom stereocenters. The molecule has 0 saturated heterocycles. The molecule has 2 N–H and O–H groups in total. The summed E-state index contributed by atoms with van der Waals surface area (Å²) in [4.78, 5) is 5.45. The molecule has 0 spiro atoms. The molecule has 5 heteroatoms. The van der Waals surface area contributed by atoms with Crippen molar-refractivity contribution in [3.05, 3.63) is 51.7 Å². The van der Waals surface area contributed by atoms with Crippen molar-refractivity contribution in [2.75, 3.05) is 6.54 Å². The molecule has 0 aliphatic rings. The predicted molar refractivity (Wildman–Crippen MR) is 89.9 cm³/mol. The van der Waals surface area contributed by atoms with Crippen molar-refractivity contribution in [2.24, 2.45) is 0 Å². The molecule has 3 heterocycles. The summed E-state index contributed by atoms with van der Waals surface area (Å²) in [5, 5.41) is 18.0. The number of thiophene rings is 2. The quantitative estimate of drug-likeness (QED) is 0.749. The number of aliphatic hydroxyl groups is 1. The molecule has 0 fully saturated rings. The summed E-state index contributed by atoms with van der Waals surface area (Å²) >= 11 is 3.28. The van der Waals surface area contributed by atoms with Crippen molar-refractivity contribution < 1.29 is 5.11 Å². The molecule has 21 heavy (non-hydrogen) atoms. The van der Waals surface area contributed by atoms with Gasteiger partial charge in [0.15, 0.2) is 0 Å². The standard InChI is InChI=1S/C16H18N2OS2/c1-11(12-8-14-13(17-9-12)5-7-20-14)18-10-16(2,19)15-4-3-6-21-15/h3-9,11,18-19H,10H2,1-2H3/t11-,16-/m1/s1. The number of fused-ring (bicyclic) bond motifs is 1. The first-order valence-electron chi connectivity index (χ1n) is 6.89. The Kier molecular flexibility index (Phi) is 4.08. The summed E-state index contributed by atoms with van der Waals surface area (Å²) in [7, 11) is 0. The molecule has 0 aliphatic carbocycles. The third-order valence-corrected chi connectivity index (χ3v) is 5.60. The van der Waals surface area contributed by atoms with Gasteiger partial charge in [-0.3, -0.25) is 4.98 Å².